The Balaban J connectivity index is 1.90. The molecule has 1 saturated carbocycles. The summed E-state index contributed by atoms with van der Waals surface area (Å²) in [6.07, 6.45) is 6.20. The molecule has 1 aliphatic carbocycles. The summed E-state index contributed by atoms with van der Waals surface area (Å²) in [5.74, 6) is -1.05. The first-order chi connectivity index (χ1) is 10.1. The largest absolute Gasteiger partial charge is 0.478 e. The molecule has 0 bridgehead atoms. The fourth-order valence-corrected chi connectivity index (χ4v) is 3.89. The summed E-state index contributed by atoms with van der Waals surface area (Å²) in [6.45, 7) is 1.91. The van der Waals surface area contributed by atoms with Gasteiger partial charge in [0.25, 0.3) is 0 Å². The monoisotopic (exact) mass is 307 g/mol. The van der Waals surface area contributed by atoms with Gasteiger partial charge in [0.1, 0.15) is 0 Å². The van der Waals surface area contributed by atoms with Gasteiger partial charge < -0.3 is 10.4 Å². The minimum atomic E-state index is -0.990. The molecule has 0 aliphatic heterocycles. The third-order valence-corrected chi connectivity index (χ3v) is 5.17. The van der Waals surface area contributed by atoms with Crippen LogP contribution in [-0.4, -0.2) is 27.5 Å². The summed E-state index contributed by atoms with van der Waals surface area (Å²) < 4.78 is 0. The van der Waals surface area contributed by atoms with Gasteiger partial charge in [-0.1, -0.05) is 25.3 Å². The first-order valence-corrected chi connectivity index (χ1v) is 8.30. The third kappa shape index (κ3) is 4.77. The number of anilines is 1. The van der Waals surface area contributed by atoms with Crippen LogP contribution in [0.1, 0.15) is 49.4 Å². The van der Waals surface area contributed by atoms with Crippen LogP contribution >= 0.6 is 11.8 Å². The van der Waals surface area contributed by atoms with Gasteiger partial charge in [0.2, 0.25) is 5.91 Å². The highest BCUT2D eigenvalue weighted by Crippen LogP contribution is 2.31. The predicted molar refractivity (Wildman–Crippen MR) is 86.0 cm³/mol. The van der Waals surface area contributed by atoms with E-state index in [1.165, 1.54) is 44.2 Å². The minimum absolute atomic E-state index is 0.0619. The van der Waals surface area contributed by atoms with Crippen LogP contribution in [-0.2, 0) is 4.79 Å². The maximum atomic E-state index is 12.2. The van der Waals surface area contributed by atoms with Crippen molar-refractivity contribution in [1.82, 2.24) is 0 Å². The summed E-state index contributed by atoms with van der Waals surface area (Å²) >= 11 is 1.73. The van der Waals surface area contributed by atoms with Crippen molar-refractivity contribution in [3.8, 4) is 0 Å². The van der Waals surface area contributed by atoms with Gasteiger partial charge in [0.05, 0.1) is 10.8 Å². The van der Waals surface area contributed by atoms with E-state index in [2.05, 4.69) is 5.32 Å². The molecule has 2 N–H and O–H groups in total. The van der Waals surface area contributed by atoms with Gasteiger partial charge >= 0.3 is 5.97 Å². The molecule has 0 radical (unpaired) electrons. The second kappa shape index (κ2) is 7.50. The normalized spacial score (nSPS) is 17.2. The van der Waals surface area contributed by atoms with Crippen LogP contribution in [0, 0.1) is 0 Å². The molecule has 2 rings (SSSR count). The molecule has 1 aromatic rings. The van der Waals surface area contributed by atoms with E-state index in [0.717, 1.165) is 0 Å². The lowest BCUT2D eigenvalue weighted by molar-refractivity contribution is -0.115. The Labute approximate surface area is 129 Å². The van der Waals surface area contributed by atoms with Crippen molar-refractivity contribution < 1.29 is 14.7 Å². The molecule has 0 saturated heterocycles. The van der Waals surface area contributed by atoms with E-state index < -0.39 is 5.97 Å². The minimum Gasteiger partial charge on any atom is -0.478 e. The van der Waals surface area contributed by atoms with Crippen molar-refractivity contribution in [2.75, 3.05) is 5.32 Å². The number of carboxylic acid groups (broad SMARTS) is 1. The zero-order valence-electron chi connectivity index (χ0n) is 12.2. The Kier molecular flexibility index (Phi) is 5.67. The van der Waals surface area contributed by atoms with Crippen LogP contribution in [0.4, 0.5) is 5.69 Å². The number of benzene rings is 1. The maximum Gasteiger partial charge on any atom is 0.335 e. The van der Waals surface area contributed by atoms with E-state index >= 15 is 0 Å². The fourth-order valence-electron chi connectivity index (χ4n) is 2.53. The molecule has 21 heavy (non-hydrogen) atoms. The summed E-state index contributed by atoms with van der Waals surface area (Å²) in [5.41, 5.74) is 0.719. The molecular formula is C16H21NO3S. The van der Waals surface area contributed by atoms with Gasteiger partial charge in [-0.2, -0.15) is 0 Å². The van der Waals surface area contributed by atoms with E-state index in [0.29, 0.717) is 10.9 Å². The lowest BCUT2D eigenvalue weighted by Gasteiger charge is -2.23. The lowest BCUT2D eigenvalue weighted by atomic mass is 10.0. The first-order valence-electron chi connectivity index (χ1n) is 7.36. The predicted octanol–water partition coefficient (Wildman–Crippen LogP) is 3.78. The molecule has 5 heteroatoms. The number of hydrogen-bond acceptors (Lipinski definition) is 3. The molecule has 1 atom stereocenters. The molecule has 1 aliphatic rings. The lowest BCUT2D eigenvalue weighted by Crippen LogP contribution is -2.25. The Bertz CT molecular complexity index is 512. The van der Waals surface area contributed by atoms with Crippen LogP contribution in [0.2, 0.25) is 0 Å². The quantitative estimate of drug-likeness (QED) is 0.869. The molecule has 1 unspecified atom stereocenters. The number of carbonyl (C=O) groups is 2. The number of rotatable bonds is 5. The Morgan fingerprint density at radius 1 is 1.29 bits per heavy atom. The highest BCUT2D eigenvalue weighted by Gasteiger charge is 2.21. The topological polar surface area (TPSA) is 66.4 Å². The van der Waals surface area contributed by atoms with Crippen molar-refractivity contribution >= 4 is 29.3 Å². The van der Waals surface area contributed by atoms with Crippen molar-refractivity contribution in [2.45, 2.75) is 49.5 Å². The molecule has 0 spiro atoms. The first kappa shape index (κ1) is 15.9. The average Bonchev–Trinajstić information content (AvgIpc) is 2.48. The van der Waals surface area contributed by atoms with Gasteiger partial charge in [-0.25, -0.2) is 4.79 Å². The van der Waals surface area contributed by atoms with E-state index in [9.17, 15) is 9.59 Å². The average molecular weight is 307 g/mol. The summed E-state index contributed by atoms with van der Waals surface area (Å²) in [5, 5.41) is 12.2. The molecule has 1 fully saturated rings. The molecule has 1 aromatic carbocycles. The van der Waals surface area contributed by atoms with Gasteiger partial charge in [-0.05, 0) is 38.0 Å². The van der Waals surface area contributed by atoms with Crippen LogP contribution in [0.25, 0.3) is 0 Å². The van der Waals surface area contributed by atoms with Crippen LogP contribution in [0.3, 0.4) is 0 Å². The number of carbonyl (C=O) groups excluding carboxylic acids is 1. The van der Waals surface area contributed by atoms with E-state index in [1.807, 2.05) is 6.92 Å². The highest BCUT2D eigenvalue weighted by atomic mass is 32.2. The summed E-state index contributed by atoms with van der Waals surface area (Å²) in [7, 11) is 0. The Morgan fingerprint density at radius 2 is 2.00 bits per heavy atom. The summed E-state index contributed by atoms with van der Waals surface area (Å²) in [6, 6.07) is 6.34. The summed E-state index contributed by atoms with van der Waals surface area (Å²) in [4.78, 5) is 23.1. The Hall–Kier alpha value is -1.49. The molecule has 1 amide bonds. The Morgan fingerprint density at radius 3 is 2.67 bits per heavy atom. The van der Waals surface area contributed by atoms with Crippen molar-refractivity contribution in [3.63, 3.8) is 0 Å². The van der Waals surface area contributed by atoms with Crippen molar-refractivity contribution in [1.29, 1.82) is 0 Å². The molecule has 0 heterocycles. The smallest absolute Gasteiger partial charge is 0.335 e. The fraction of sp³-hybridized carbons (Fsp3) is 0.500. The number of amides is 1. The third-order valence-electron chi connectivity index (χ3n) is 3.70. The SMILES string of the molecule is CC(SC1CCCCC1)C(=O)Nc1cccc(C(=O)O)c1. The van der Waals surface area contributed by atoms with E-state index in [1.54, 1.807) is 23.9 Å². The molecule has 4 nitrogen and oxygen atoms in total. The molecular weight excluding hydrogens is 286 g/mol. The van der Waals surface area contributed by atoms with Crippen molar-refractivity contribution in [3.05, 3.63) is 29.8 Å². The van der Waals surface area contributed by atoms with Crippen LogP contribution in [0.15, 0.2) is 24.3 Å². The number of thioether (sulfide) groups is 1. The van der Waals surface area contributed by atoms with Gasteiger partial charge in [-0.3, -0.25) is 4.79 Å². The zero-order chi connectivity index (χ0) is 15.2. The van der Waals surface area contributed by atoms with E-state index in [4.69, 9.17) is 5.11 Å². The highest BCUT2D eigenvalue weighted by molar-refractivity contribution is 8.01. The standard InChI is InChI=1S/C16H21NO3S/c1-11(21-14-8-3-2-4-9-14)15(18)17-13-7-5-6-12(10-13)16(19)20/h5-7,10-11,14H,2-4,8-9H2,1H3,(H,17,18)(H,19,20). The maximum absolute atomic E-state index is 12.2. The number of aromatic carboxylic acids is 1. The number of nitrogens with one attached hydrogen (secondary N) is 1. The van der Waals surface area contributed by atoms with Gasteiger partial charge in [0.15, 0.2) is 0 Å². The molecule has 0 aromatic heterocycles. The second-order valence-electron chi connectivity index (χ2n) is 5.41. The van der Waals surface area contributed by atoms with E-state index in [-0.39, 0.29) is 16.7 Å². The number of hydrogen-bond donors (Lipinski definition) is 2. The van der Waals surface area contributed by atoms with Crippen LogP contribution in [0.5, 0.6) is 0 Å². The van der Waals surface area contributed by atoms with Gasteiger partial charge in [-0.15, -0.1) is 11.8 Å². The van der Waals surface area contributed by atoms with Crippen molar-refractivity contribution in [2.24, 2.45) is 0 Å². The second-order valence-corrected chi connectivity index (χ2v) is 7.06. The zero-order valence-corrected chi connectivity index (χ0v) is 13.0. The van der Waals surface area contributed by atoms with Gasteiger partial charge in [0, 0.05) is 10.9 Å². The molecule has 114 valence electrons. The van der Waals surface area contributed by atoms with Crippen LogP contribution < -0.4 is 5.32 Å². The number of carboxylic acids is 1.